The standard InChI is InChI=1S/C24H20N4O2/c1-2-28-19-13-15(16-9-11-25-23-17(16)10-12-26-23)7-8-18(19)27-24(28)22-14-29-20-5-3-4-6-21(20)30-22/h3-13,22H,2,14H2,1H3,(H,25,26). The summed E-state index contributed by atoms with van der Waals surface area (Å²) in [5.74, 6) is 2.43. The molecule has 30 heavy (non-hydrogen) atoms. The fourth-order valence-electron chi connectivity index (χ4n) is 4.25. The average Bonchev–Trinajstić information content (AvgIpc) is 3.42. The van der Waals surface area contributed by atoms with Crippen LogP contribution in [0.2, 0.25) is 0 Å². The average molecular weight is 396 g/mol. The van der Waals surface area contributed by atoms with Crippen LogP contribution in [0.3, 0.4) is 0 Å². The van der Waals surface area contributed by atoms with Crippen LogP contribution >= 0.6 is 0 Å². The fourth-order valence-corrected chi connectivity index (χ4v) is 4.25. The smallest absolute Gasteiger partial charge is 0.190 e. The van der Waals surface area contributed by atoms with Gasteiger partial charge in [0.25, 0.3) is 0 Å². The van der Waals surface area contributed by atoms with Gasteiger partial charge in [-0.2, -0.15) is 0 Å². The van der Waals surface area contributed by atoms with Crippen LogP contribution in [-0.4, -0.2) is 26.1 Å². The summed E-state index contributed by atoms with van der Waals surface area (Å²) in [5, 5.41) is 1.11. The van der Waals surface area contributed by atoms with Crippen LogP contribution in [0, 0.1) is 0 Å². The minimum Gasteiger partial charge on any atom is -0.485 e. The molecule has 0 radical (unpaired) electrons. The van der Waals surface area contributed by atoms with E-state index in [0.717, 1.165) is 57.1 Å². The van der Waals surface area contributed by atoms with Gasteiger partial charge in [0.15, 0.2) is 23.4 Å². The van der Waals surface area contributed by atoms with Gasteiger partial charge in [-0.05, 0) is 54.4 Å². The van der Waals surface area contributed by atoms with Gasteiger partial charge < -0.3 is 19.0 Å². The first kappa shape index (κ1) is 17.1. The SMILES string of the molecule is CCn1c(C2COc3ccccc3O2)nc2ccc(-c3ccnc4[nH]ccc34)cc21. The Labute approximate surface area is 173 Å². The van der Waals surface area contributed by atoms with Gasteiger partial charge in [-0.1, -0.05) is 18.2 Å². The molecule has 1 unspecified atom stereocenters. The summed E-state index contributed by atoms with van der Waals surface area (Å²) < 4.78 is 14.4. The molecule has 2 aromatic carbocycles. The molecule has 4 heterocycles. The topological polar surface area (TPSA) is 65.0 Å². The van der Waals surface area contributed by atoms with Crippen molar-refractivity contribution >= 4 is 22.1 Å². The van der Waals surface area contributed by atoms with Crippen LogP contribution in [0.1, 0.15) is 18.9 Å². The zero-order valence-electron chi connectivity index (χ0n) is 16.5. The maximum Gasteiger partial charge on any atom is 0.190 e. The number of hydrogen-bond acceptors (Lipinski definition) is 4. The Morgan fingerprint density at radius 1 is 1.10 bits per heavy atom. The Kier molecular flexibility index (Phi) is 3.77. The summed E-state index contributed by atoms with van der Waals surface area (Å²) >= 11 is 0. The van der Waals surface area contributed by atoms with E-state index >= 15 is 0 Å². The molecule has 1 aliphatic heterocycles. The van der Waals surface area contributed by atoms with Crippen molar-refractivity contribution in [2.45, 2.75) is 19.6 Å². The highest BCUT2D eigenvalue weighted by Gasteiger charge is 2.27. The first-order valence-corrected chi connectivity index (χ1v) is 10.1. The van der Waals surface area contributed by atoms with Gasteiger partial charge >= 0.3 is 0 Å². The van der Waals surface area contributed by atoms with Crippen molar-refractivity contribution in [3.05, 3.63) is 72.8 Å². The lowest BCUT2D eigenvalue weighted by Crippen LogP contribution is -2.24. The van der Waals surface area contributed by atoms with Gasteiger partial charge in [0, 0.05) is 24.3 Å². The second-order valence-corrected chi connectivity index (χ2v) is 7.38. The molecule has 5 aromatic rings. The number of aryl methyl sites for hydroxylation is 1. The van der Waals surface area contributed by atoms with E-state index in [1.807, 2.05) is 36.7 Å². The summed E-state index contributed by atoms with van der Waals surface area (Å²) in [6, 6.07) is 18.3. The number of pyridine rings is 1. The van der Waals surface area contributed by atoms with E-state index in [9.17, 15) is 0 Å². The van der Waals surface area contributed by atoms with E-state index in [1.165, 1.54) is 0 Å². The molecule has 6 heteroatoms. The number of nitrogens with one attached hydrogen (secondary N) is 1. The molecule has 1 atom stereocenters. The van der Waals surface area contributed by atoms with Gasteiger partial charge in [-0.25, -0.2) is 9.97 Å². The second-order valence-electron chi connectivity index (χ2n) is 7.38. The van der Waals surface area contributed by atoms with Crippen LogP contribution in [0.4, 0.5) is 0 Å². The number of benzene rings is 2. The predicted octanol–water partition coefficient (Wildman–Crippen LogP) is 5.11. The van der Waals surface area contributed by atoms with Crippen molar-refractivity contribution in [2.75, 3.05) is 6.61 Å². The molecule has 148 valence electrons. The van der Waals surface area contributed by atoms with Crippen LogP contribution in [-0.2, 0) is 6.54 Å². The maximum absolute atomic E-state index is 6.23. The van der Waals surface area contributed by atoms with Crippen LogP contribution in [0.25, 0.3) is 33.2 Å². The Morgan fingerprint density at radius 3 is 2.90 bits per heavy atom. The highest BCUT2D eigenvalue weighted by atomic mass is 16.6. The van der Waals surface area contributed by atoms with Crippen LogP contribution in [0.5, 0.6) is 11.5 Å². The van der Waals surface area contributed by atoms with Crippen molar-refractivity contribution in [1.29, 1.82) is 0 Å². The zero-order valence-corrected chi connectivity index (χ0v) is 16.5. The van der Waals surface area contributed by atoms with Gasteiger partial charge in [-0.15, -0.1) is 0 Å². The van der Waals surface area contributed by atoms with Gasteiger partial charge in [0.2, 0.25) is 0 Å². The molecule has 6 nitrogen and oxygen atoms in total. The molecular weight excluding hydrogens is 376 g/mol. The van der Waals surface area contributed by atoms with E-state index < -0.39 is 0 Å². The molecule has 0 saturated carbocycles. The third-order valence-corrected chi connectivity index (χ3v) is 5.66. The number of hydrogen-bond donors (Lipinski definition) is 1. The summed E-state index contributed by atoms with van der Waals surface area (Å²) in [5.41, 5.74) is 5.23. The predicted molar refractivity (Wildman–Crippen MR) is 116 cm³/mol. The summed E-state index contributed by atoms with van der Waals surface area (Å²) in [6.45, 7) is 3.37. The quantitative estimate of drug-likeness (QED) is 0.460. The van der Waals surface area contributed by atoms with Crippen molar-refractivity contribution in [3.8, 4) is 22.6 Å². The van der Waals surface area contributed by atoms with Crippen LogP contribution in [0.15, 0.2) is 67.0 Å². The number of para-hydroxylation sites is 2. The minimum atomic E-state index is -0.243. The molecule has 0 saturated heterocycles. The third kappa shape index (κ3) is 2.57. The first-order valence-electron chi connectivity index (χ1n) is 10.1. The Morgan fingerprint density at radius 2 is 2.00 bits per heavy atom. The maximum atomic E-state index is 6.23. The van der Waals surface area contributed by atoms with E-state index in [4.69, 9.17) is 14.5 Å². The number of aromatic nitrogens is 4. The Balaban J connectivity index is 1.46. The number of rotatable bonds is 3. The first-order chi connectivity index (χ1) is 14.8. The van der Waals surface area contributed by atoms with Gasteiger partial charge in [0.05, 0.1) is 11.0 Å². The normalized spacial score (nSPS) is 15.7. The molecule has 3 aromatic heterocycles. The lowest BCUT2D eigenvalue weighted by molar-refractivity contribution is 0.0829. The fraction of sp³-hybridized carbons (Fsp3) is 0.167. The molecule has 1 aliphatic rings. The Bertz CT molecular complexity index is 1380. The molecule has 1 N–H and O–H groups in total. The lowest BCUT2D eigenvalue weighted by Gasteiger charge is -2.26. The molecule has 0 amide bonds. The van der Waals surface area contributed by atoms with E-state index in [0.29, 0.717) is 6.61 Å². The van der Waals surface area contributed by atoms with Crippen molar-refractivity contribution in [2.24, 2.45) is 0 Å². The third-order valence-electron chi connectivity index (χ3n) is 5.66. The zero-order chi connectivity index (χ0) is 20.1. The van der Waals surface area contributed by atoms with Crippen LogP contribution < -0.4 is 9.47 Å². The highest BCUT2D eigenvalue weighted by Crippen LogP contribution is 2.37. The molecule has 6 rings (SSSR count). The van der Waals surface area contributed by atoms with Crippen molar-refractivity contribution in [3.63, 3.8) is 0 Å². The van der Waals surface area contributed by atoms with Crippen molar-refractivity contribution < 1.29 is 9.47 Å². The molecular formula is C24H20N4O2. The number of aromatic amines is 1. The number of nitrogens with zero attached hydrogens (tertiary/aromatic N) is 3. The summed E-state index contributed by atoms with van der Waals surface area (Å²) in [4.78, 5) is 12.5. The molecule has 0 aliphatic carbocycles. The van der Waals surface area contributed by atoms with E-state index in [1.54, 1.807) is 0 Å². The Hall–Kier alpha value is -3.80. The molecule has 0 fully saturated rings. The molecule has 0 spiro atoms. The summed E-state index contributed by atoms with van der Waals surface area (Å²) in [7, 11) is 0. The number of imidazole rings is 1. The largest absolute Gasteiger partial charge is 0.485 e. The van der Waals surface area contributed by atoms with Gasteiger partial charge in [0.1, 0.15) is 12.3 Å². The monoisotopic (exact) mass is 396 g/mol. The summed E-state index contributed by atoms with van der Waals surface area (Å²) in [6.07, 6.45) is 3.52. The molecule has 0 bridgehead atoms. The van der Waals surface area contributed by atoms with E-state index in [2.05, 4.69) is 51.8 Å². The van der Waals surface area contributed by atoms with Gasteiger partial charge in [-0.3, -0.25) is 0 Å². The van der Waals surface area contributed by atoms with E-state index in [-0.39, 0.29) is 6.10 Å². The number of fused-ring (bicyclic) bond motifs is 3. The lowest BCUT2D eigenvalue weighted by atomic mass is 10.0. The van der Waals surface area contributed by atoms with Crippen molar-refractivity contribution in [1.82, 2.24) is 19.5 Å². The number of H-pyrrole nitrogens is 1. The number of ether oxygens (including phenoxy) is 2. The highest BCUT2D eigenvalue weighted by molar-refractivity contribution is 5.95. The second kappa shape index (κ2) is 6.62. The minimum absolute atomic E-state index is 0.243.